The molecular formula is C18H20N2O. The van der Waals surface area contributed by atoms with Crippen LogP contribution in [0.4, 0.5) is 11.4 Å². The van der Waals surface area contributed by atoms with E-state index in [9.17, 15) is 4.79 Å². The van der Waals surface area contributed by atoms with E-state index in [1.807, 2.05) is 12.1 Å². The molecule has 2 aromatic carbocycles. The average molecular weight is 280 g/mol. The molecule has 3 rings (SSSR count). The average Bonchev–Trinajstić information content (AvgIpc) is 2.46. The van der Waals surface area contributed by atoms with Gasteiger partial charge in [0, 0.05) is 24.3 Å². The van der Waals surface area contributed by atoms with Crippen molar-refractivity contribution >= 4 is 17.3 Å². The van der Waals surface area contributed by atoms with E-state index in [-0.39, 0.29) is 5.91 Å². The summed E-state index contributed by atoms with van der Waals surface area (Å²) < 4.78 is 0. The van der Waals surface area contributed by atoms with Crippen LogP contribution >= 0.6 is 0 Å². The molecule has 0 bridgehead atoms. The Morgan fingerprint density at radius 3 is 2.76 bits per heavy atom. The third-order valence-electron chi connectivity index (χ3n) is 3.98. The summed E-state index contributed by atoms with van der Waals surface area (Å²) in [6.07, 6.45) is 1.40. The van der Waals surface area contributed by atoms with Crippen molar-refractivity contribution in [1.29, 1.82) is 0 Å². The van der Waals surface area contributed by atoms with Crippen LogP contribution < -0.4 is 10.6 Å². The molecule has 0 aromatic heterocycles. The minimum atomic E-state index is 0.110. The number of nitrogens with one attached hydrogen (secondary N) is 2. The van der Waals surface area contributed by atoms with Gasteiger partial charge in [0.05, 0.1) is 0 Å². The second kappa shape index (κ2) is 5.60. The summed E-state index contributed by atoms with van der Waals surface area (Å²) in [5.74, 6) is 0.110. The van der Waals surface area contributed by atoms with Crippen molar-refractivity contribution in [3.8, 4) is 0 Å². The number of hydrogen-bond donors (Lipinski definition) is 2. The van der Waals surface area contributed by atoms with E-state index in [0.717, 1.165) is 24.3 Å². The number of carbonyl (C=O) groups is 1. The van der Waals surface area contributed by atoms with Crippen molar-refractivity contribution in [2.75, 3.05) is 10.6 Å². The molecule has 0 spiro atoms. The van der Waals surface area contributed by atoms with Gasteiger partial charge < -0.3 is 10.6 Å². The molecule has 0 aliphatic carbocycles. The van der Waals surface area contributed by atoms with Gasteiger partial charge in [0.2, 0.25) is 5.91 Å². The summed E-state index contributed by atoms with van der Waals surface area (Å²) in [5.41, 5.74) is 7.17. The molecule has 0 fully saturated rings. The fourth-order valence-electron chi connectivity index (χ4n) is 2.73. The van der Waals surface area contributed by atoms with Gasteiger partial charge >= 0.3 is 0 Å². The zero-order valence-electron chi connectivity index (χ0n) is 12.5. The van der Waals surface area contributed by atoms with Crippen molar-refractivity contribution in [2.45, 2.75) is 33.2 Å². The Labute approximate surface area is 125 Å². The number of hydrogen-bond acceptors (Lipinski definition) is 2. The first-order valence-corrected chi connectivity index (χ1v) is 7.34. The van der Waals surface area contributed by atoms with E-state index >= 15 is 0 Å². The summed E-state index contributed by atoms with van der Waals surface area (Å²) in [6, 6.07) is 12.7. The van der Waals surface area contributed by atoms with Gasteiger partial charge in [0.1, 0.15) is 0 Å². The highest BCUT2D eigenvalue weighted by molar-refractivity contribution is 5.94. The maximum atomic E-state index is 11.4. The lowest BCUT2D eigenvalue weighted by Gasteiger charge is -2.18. The molecular weight excluding hydrogens is 260 g/mol. The van der Waals surface area contributed by atoms with E-state index < -0.39 is 0 Å². The summed E-state index contributed by atoms with van der Waals surface area (Å²) in [6.45, 7) is 5.08. The van der Waals surface area contributed by atoms with Gasteiger partial charge in [-0.25, -0.2) is 0 Å². The number of anilines is 2. The Hall–Kier alpha value is -2.29. The molecule has 1 amide bonds. The van der Waals surface area contributed by atoms with Crippen molar-refractivity contribution in [2.24, 2.45) is 0 Å². The minimum Gasteiger partial charge on any atom is -0.381 e. The predicted octanol–water partition coefficient (Wildman–Crippen LogP) is 3.80. The Morgan fingerprint density at radius 1 is 1.10 bits per heavy atom. The summed E-state index contributed by atoms with van der Waals surface area (Å²) in [4.78, 5) is 11.4. The number of fused-ring (bicyclic) bond motifs is 1. The SMILES string of the molecule is Cc1ccc(CNc2ccc3c(c2)CCC(=O)N3)c(C)c1. The smallest absolute Gasteiger partial charge is 0.224 e. The Kier molecular flexibility index (Phi) is 3.65. The highest BCUT2D eigenvalue weighted by atomic mass is 16.1. The maximum absolute atomic E-state index is 11.4. The molecule has 3 heteroatoms. The van der Waals surface area contributed by atoms with Crippen molar-refractivity contribution in [3.05, 3.63) is 58.7 Å². The maximum Gasteiger partial charge on any atom is 0.224 e. The summed E-state index contributed by atoms with van der Waals surface area (Å²) in [7, 11) is 0. The molecule has 1 heterocycles. The van der Waals surface area contributed by atoms with Gasteiger partial charge in [-0.3, -0.25) is 4.79 Å². The highest BCUT2D eigenvalue weighted by Crippen LogP contribution is 2.26. The highest BCUT2D eigenvalue weighted by Gasteiger charge is 2.14. The van der Waals surface area contributed by atoms with Crippen molar-refractivity contribution in [1.82, 2.24) is 0 Å². The molecule has 0 radical (unpaired) electrons. The largest absolute Gasteiger partial charge is 0.381 e. The van der Waals surface area contributed by atoms with Crippen LogP contribution in [0.3, 0.4) is 0 Å². The molecule has 0 unspecified atom stereocenters. The first-order valence-electron chi connectivity index (χ1n) is 7.34. The molecule has 2 aromatic rings. The van der Waals surface area contributed by atoms with Gasteiger partial charge in [0.15, 0.2) is 0 Å². The quantitative estimate of drug-likeness (QED) is 0.898. The van der Waals surface area contributed by atoms with Gasteiger partial charge in [-0.2, -0.15) is 0 Å². The van der Waals surface area contributed by atoms with Crippen molar-refractivity contribution in [3.63, 3.8) is 0 Å². The third kappa shape index (κ3) is 3.07. The van der Waals surface area contributed by atoms with E-state index in [1.165, 1.54) is 22.3 Å². The molecule has 0 saturated heterocycles. The third-order valence-corrected chi connectivity index (χ3v) is 3.98. The standard InChI is InChI=1S/C18H20N2O/c1-12-3-4-15(13(2)9-12)11-19-16-6-7-17-14(10-16)5-8-18(21)20-17/h3-4,6-7,9-10,19H,5,8,11H2,1-2H3,(H,20,21). The van der Waals surface area contributed by atoms with Crippen LogP contribution in [-0.4, -0.2) is 5.91 Å². The zero-order chi connectivity index (χ0) is 14.8. The van der Waals surface area contributed by atoms with Gasteiger partial charge in [-0.05, 0) is 55.2 Å². The lowest BCUT2D eigenvalue weighted by molar-refractivity contribution is -0.116. The molecule has 2 N–H and O–H groups in total. The van der Waals surface area contributed by atoms with Crippen LogP contribution in [0.5, 0.6) is 0 Å². The predicted molar refractivity (Wildman–Crippen MR) is 86.6 cm³/mol. The topological polar surface area (TPSA) is 41.1 Å². The van der Waals surface area contributed by atoms with E-state index in [0.29, 0.717) is 6.42 Å². The molecule has 1 aliphatic rings. The second-order valence-corrected chi connectivity index (χ2v) is 5.70. The van der Waals surface area contributed by atoms with Crippen LogP contribution in [0, 0.1) is 13.8 Å². The zero-order valence-corrected chi connectivity index (χ0v) is 12.5. The monoisotopic (exact) mass is 280 g/mol. The second-order valence-electron chi connectivity index (χ2n) is 5.70. The Bertz CT molecular complexity index is 692. The van der Waals surface area contributed by atoms with Gasteiger partial charge in [0.25, 0.3) is 0 Å². The minimum absolute atomic E-state index is 0.110. The van der Waals surface area contributed by atoms with Crippen LogP contribution in [-0.2, 0) is 17.8 Å². The molecule has 3 nitrogen and oxygen atoms in total. The van der Waals surface area contributed by atoms with Crippen LogP contribution in [0.2, 0.25) is 0 Å². The first-order chi connectivity index (χ1) is 10.1. The Morgan fingerprint density at radius 2 is 1.95 bits per heavy atom. The lowest BCUT2D eigenvalue weighted by atomic mass is 10.0. The van der Waals surface area contributed by atoms with Gasteiger partial charge in [-0.15, -0.1) is 0 Å². The van der Waals surface area contributed by atoms with Crippen LogP contribution in [0.25, 0.3) is 0 Å². The fourth-order valence-corrected chi connectivity index (χ4v) is 2.73. The number of aryl methyl sites for hydroxylation is 3. The Balaban J connectivity index is 1.72. The molecule has 0 saturated carbocycles. The van der Waals surface area contributed by atoms with E-state index in [2.05, 4.69) is 48.7 Å². The van der Waals surface area contributed by atoms with E-state index in [4.69, 9.17) is 0 Å². The lowest BCUT2D eigenvalue weighted by Crippen LogP contribution is -2.19. The molecule has 1 aliphatic heterocycles. The molecule has 0 atom stereocenters. The fraction of sp³-hybridized carbons (Fsp3) is 0.278. The normalized spacial score (nSPS) is 13.5. The van der Waals surface area contributed by atoms with Crippen LogP contribution in [0.15, 0.2) is 36.4 Å². The summed E-state index contributed by atoms with van der Waals surface area (Å²) in [5, 5.41) is 6.38. The summed E-state index contributed by atoms with van der Waals surface area (Å²) >= 11 is 0. The van der Waals surface area contributed by atoms with Gasteiger partial charge in [-0.1, -0.05) is 23.8 Å². The number of benzene rings is 2. The molecule has 21 heavy (non-hydrogen) atoms. The van der Waals surface area contributed by atoms with E-state index in [1.54, 1.807) is 0 Å². The number of rotatable bonds is 3. The number of amides is 1. The van der Waals surface area contributed by atoms with Crippen LogP contribution in [0.1, 0.15) is 28.7 Å². The first kappa shape index (κ1) is 13.7. The number of carbonyl (C=O) groups excluding carboxylic acids is 1. The molecule has 108 valence electrons. The van der Waals surface area contributed by atoms with Crippen molar-refractivity contribution < 1.29 is 4.79 Å².